The Morgan fingerprint density at radius 1 is 1.50 bits per heavy atom. The van der Waals surface area contributed by atoms with E-state index in [2.05, 4.69) is 0 Å². The quantitative estimate of drug-likeness (QED) is 0.490. The zero-order valence-electron chi connectivity index (χ0n) is 8.17. The van der Waals surface area contributed by atoms with Crippen molar-refractivity contribution in [2.24, 2.45) is 0 Å². The molecule has 1 aliphatic rings. The molecule has 7 heteroatoms. The van der Waals surface area contributed by atoms with Crippen molar-refractivity contribution in [1.82, 2.24) is 9.98 Å². The molecule has 0 saturated carbocycles. The number of rotatable bonds is 4. The van der Waals surface area contributed by atoms with Gasteiger partial charge < -0.3 is 9.57 Å². The van der Waals surface area contributed by atoms with E-state index in [1.165, 1.54) is 16.9 Å². The molecular formula is C7H13N3O4. The van der Waals surface area contributed by atoms with Crippen LogP contribution in [0.25, 0.3) is 0 Å². The highest BCUT2D eigenvalue weighted by atomic mass is 17.0. The normalized spacial score (nSPS) is 17.7. The number of aromatic nitrogens is 2. The maximum atomic E-state index is 10.6. The van der Waals surface area contributed by atoms with Gasteiger partial charge in [-0.15, -0.1) is 0 Å². The molecular weight excluding hydrogens is 190 g/mol. The number of hydrogen-bond acceptors (Lipinski definition) is 5. The monoisotopic (exact) mass is 203 g/mol. The van der Waals surface area contributed by atoms with Gasteiger partial charge in [0.1, 0.15) is 5.02 Å². The van der Waals surface area contributed by atoms with E-state index in [1.807, 2.05) is 5.01 Å². The molecule has 1 aromatic rings. The summed E-state index contributed by atoms with van der Waals surface area (Å²) in [5.41, 5.74) is 0. The van der Waals surface area contributed by atoms with Crippen molar-refractivity contribution in [2.45, 2.75) is 26.6 Å². The largest absolute Gasteiger partial charge is 0.423 e. The molecule has 1 atom stereocenters. The van der Waals surface area contributed by atoms with Gasteiger partial charge in [-0.2, -0.15) is 4.63 Å². The van der Waals surface area contributed by atoms with Crippen molar-refractivity contribution in [1.29, 1.82) is 0 Å². The smallest absolute Gasteiger partial charge is 0.305 e. The first-order valence-electron chi connectivity index (χ1n) is 4.54. The fourth-order valence-electron chi connectivity index (χ4n) is 1.11. The number of nitrogens with zero attached hydrogens (tertiary/aromatic N) is 3. The second-order valence-corrected chi connectivity index (χ2v) is 3.16. The zero-order chi connectivity index (χ0) is 10.1. The maximum Gasteiger partial charge on any atom is 0.305 e. The number of hydrogen-bond donors (Lipinski definition) is 0. The first-order valence-corrected chi connectivity index (χ1v) is 4.54. The van der Waals surface area contributed by atoms with Gasteiger partial charge in [0.15, 0.2) is 0 Å². The van der Waals surface area contributed by atoms with Gasteiger partial charge in [-0.1, -0.05) is 0 Å². The van der Waals surface area contributed by atoms with E-state index in [-0.39, 0.29) is 5.97 Å². The van der Waals surface area contributed by atoms with Gasteiger partial charge in [-0.25, -0.2) is 0 Å². The molecule has 0 N–H and O–H groups in total. The van der Waals surface area contributed by atoms with Crippen LogP contribution < -0.4 is 9.85 Å². The molecule has 0 aromatic carbocycles. The third-order valence-electron chi connectivity index (χ3n) is 1.90. The van der Waals surface area contributed by atoms with Gasteiger partial charge in [0.05, 0.1) is 0 Å². The minimum Gasteiger partial charge on any atom is -0.423 e. The zero-order valence-corrected chi connectivity index (χ0v) is 8.17. The Morgan fingerprint density at radius 3 is 2.71 bits per heavy atom. The van der Waals surface area contributed by atoms with Gasteiger partial charge in [-0.05, 0) is 6.42 Å². The predicted octanol–water partition coefficient (Wildman–Crippen LogP) is -0.438. The number of ether oxygens (including phenoxy) is 1. The third-order valence-corrected chi connectivity index (χ3v) is 1.90. The summed E-state index contributed by atoms with van der Waals surface area (Å²) in [6.07, 6.45) is 0.520. The lowest BCUT2D eigenvalue weighted by Gasteiger charge is -2.25. The molecule has 80 valence electrons. The molecule has 2 heterocycles. The van der Waals surface area contributed by atoms with Crippen molar-refractivity contribution in [2.75, 3.05) is 18.1 Å². The Bertz CT molecular complexity index is 309. The second-order valence-electron chi connectivity index (χ2n) is 3.16. The van der Waals surface area contributed by atoms with Crippen LogP contribution in [0, 0.1) is 0 Å². The lowest BCUT2D eigenvalue weighted by atomic mass is 10.3. The number of carbonyl (C=O) groups is 1. The van der Waals surface area contributed by atoms with Crippen LogP contribution in [-0.2, 0) is 9.53 Å². The topological polar surface area (TPSA) is 61.8 Å². The van der Waals surface area contributed by atoms with Crippen molar-refractivity contribution < 1.29 is 19.0 Å². The summed E-state index contributed by atoms with van der Waals surface area (Å²) in [7, 11) is 0. The molecule has 7 nitrogen and oxygen atoms in total. The van der Waals surface area contributed by atoms with Crippen LogP contribution >= 0.6 is 0 Å². The molecule has 1 aromatic heterocycles. The Hall–Kier alpha value is -1.53. The number of carbonyl (C=O) groups excluding carboxylic acids is 1. The van der Waals surface area contributed by atoms with E-state index in [1.54, 1.807) is 6.92 Å². The average molecular weight is 203 g/mol. The molecule has 1 fully saturated rings. The van der Waals surface area contributed by atoms with E-state index in [0.29, 0.717) is 0 Å². The molecule has 0 bridgehead atoms. The van der Waals surface area contributed by atoms with Crippen LogP contribution in [0.1, 0.15) is 20.3 Å². The van der Waals surface area contributed by atoms with Crippen LogP contribution in [0.4, 0.5) is 0 Å². The SMILES string of the molecule is CC(=O)OC(C)On1on1N1CCC1. The van der Waals surface area contributed by atoms with E-state index in [9.17, 15) is 4.79 Å². The van der Waals surface area contributed by atoms with Crippen LogP contribution in [0.2, 0.25) is 0 Å². The summed E-state index contributed by atoms with van der Waals surface area (Å²) in [5, 5.41) is 3.15. The number of esters is 1. The highest BCUT2D eigenvalue weighted by molar-refractivity contribution is 5.65. The van der Waals surface area contributed by atoms with Crippen molar-refractivity contribution >= 4 is 5.97 Å². The Balaban J connectivity index is 1.74. The van der Waals surface area contributed by atoms with Crippen molar-refractivity contribution in [3.8, 4) is 0 Å². The Morgan fingerprint density at radius 2 is 2.21 bits per heavy atom. The molecule has 2 rings (SSSR count). The van der Waals surface area contributed by atoms with Crippen molar-refractivity contribution in [3.05, 3.63) is 0 Å². The fraction of sp³-hybridized carbons (Fsp3) is 0.857. The molecule has 1 unspecified atom stereocenters. The first kappa shape index (κ1) is 9.04. The highest BCUT2D eigenvalue weighted by Crippen LogP contribution is 2.08. The Kier molecular flexibility index (Phi) is 2.14. The van der Waals surface area contributed by atoms with E-state index in [4.69, 9.17) is 14.2 Å². The van der Waals surface area contributed by atoms with E-state index in [0.717, 1.165) is 19.5 Å². The molecule has 0 aliphatic carbocycles. The Labute approximate surface area is 80.6 Å². The highest BCUT2D eigenvalue weighted by Gasteiger charge is 2.27. The summed E-state index contributed by atoms with van der Waals surface area (Å²) in [6.45, 7) is 4.87. The first-order chi connectivity index (χ1) is 6.66. The van der Waals surface area contributed by atoms with Crippen LogP contribution in [0.3, 0.4) is 0 Å². The van der Waals surface area contributed by atoms with Gasteiger partial charge in [0.25, 0.3) is 6.29 Å². The lowest BCUT2D eigenvalue weighted by Crippen LogP contribution is -2.44. The molecule has 1 aliphatic heterocycles. The summed E-state index contributed by atoms with van der Waals surface area (Å²) < 4.78 is 9.70. The lowest BCUT2D eigenvalue weighted by molar-refractivity contribution is -0.178. The summed E-state index contributed by atoms with van der Waals surface area (Å²) in [6, 6.07) is 0. The van der Waals surface area contributed by atoms with E-state index >= 15 is 0 Å². The van der Waals surface area contributed by atoms with Gasteiger partial charge in [-0.3, -0.25) is 9.80 Å². The molecule has 0 spiro atoms. The standard InChI is InChI=1S/C7H13N3O4/c1-6(11)12-7(2)13-10-9(14-10)8-4-3-5-8/h7H,3-5H2,1-2H3. The van der Waals surface area contributed by atoms with Crippen LogP contribution in [0.5, 0.6) is 0 Å². The summed E-state index contributed by atoms with van der Waals surface area (Å²) in [5.74, 6) is -0.380. The fourth-order valence-corrected chi connectivity index (χ4v) is 1.11. The van der Waals surface area contributed by atoms with Gasteiger partial charge >= 0.3 is 5.97 Å². The predicted molar refractivity (Wildman–Crippen MR) is 45.1 cm³/mol. The molecule has 14 heavy (non-hydrogen) atoms. The molecule has 0 radical (unpaired) electrons. The van der Waals surface area contributed by atoms with Crippen LogP contribution in [0.15, 0.2) is 4.63 Å². The molecule has 0 amide bonds. The van der Waals surface area contributed by atoms with Crippen molar-refractivity contribution in [3.63, 3.8) is 0 Å². The van der Waals surface area contributed by atoms with Gasteiger partial charge in [0.2, 0.25) is 0 Å². The van der Waals surface area contributed by atoms with E-state index < -0.39 is 6.29 Å². The maximum absolute atomic E-state index is 10.6. The van der Waals surface area contributed by atoms with Crippen LogP contribution in [-0.4, -0.2) is 35.3 Å². The minimum absolute atomic E-state index is 0.380. The molecule has 1 saturated heterocycles. The second kappa shape index (κ2) is 3.32. The van der Waals surface area contributed by atoms with Gasteiger partial charge in [0, 0.05) is 31.9 Å². The average Bonchev–Trinajstić information content (AvgIpc) is 2.61. The third kappa shape index (κ3) is 1.86. The summed E-state index contributed by atoms with van der Waals surface area (Å²) >= 11 is 0. The minimum atomic E-state index is -0.640. The summed E-state index contributed by atoms with van der Waals surface area (Å²) in [4.78, 5) is 17.1.